The molecular formula is C45H39N3O3. The molecule has 0 bridgehead atoms. The van der Waals surface area contributed by atoms with Crippen LogP contribution in [-0.2, 0) is 17.4 Å². The summed E-state index contributed by atoms with van der Waals surface area (Å²) in [6, 6.07) is 60.7. The van der Waals surface area contributed by atoms with Crippen LogP contribution in [0.15, 0.2) is 187 Å². The highest BCUT2D eigenvalue weighted by Crippen LogP contribution is 2.54. The number of nitrogen functional groups attached to an aromatic ring is 1. The molecule has 1 heterocycles. The van der Waals surface area contributed by atoms with Crippen LogP contribution in [0.4, 0.5) is 5.82 Å². The van der Waals surface area contributed by atoms with E-state index in [2.05, 4.69) is 77.8 Å². The lowest BCUT2D eigenvalue weighted by Crippen LogP contribution is -2.46. The summed E-state index contributed by atoms with van der Waals surface area (Å²) in [6.45, 7) is -0.782. The van der Waals surface area contributed by atoms with Gasteiger partial charge in [0, 0.05) is 5.56 Å². The minimum absolute atomic E-state index is 0.0634. The molecule has 51 heavy (non-hydrogen) atoms. The quantitative estimate of drug-likeness (QED) is 0.130. The molecule has 7 rings (SSSR count). The number of benzene rings is 6. The summed E-state index contributed by atoms with van der Waals surface area (Å²) in [6.07, 6.45) is -1.26. The number of nitrogens with zero attached hydrogens (tertiary/aromatic N) is 2. The largest absolute Gasteiger partial charge is 0.394 e. The van der Waals surface area contributed by atoms with E-state index in [0.29, 0.717) is 11.3 Å². The Hall–Kier alpha value is -6.08. The third-order valence-electron chi connectivity index (χ3n) is 9.78. The highest BCUT2D eigenvalue weighted by molar-refractivity contribution is 5.71. The first kappa shape index (κ1) is 33.4. The monoisotopic (exact) mass is 669 g/mol. The van der Waals surface area contributed by atoms with Crippen molar-refractivity contribution >= 4 is 5.82 Å². The van der Waals surface area contributed by atoms with Gasteiger partial charge < -0.3 is 15.9 Å². The van der Waals surface area contributed by atoms with Crippen molar-refractivity contribution in [1.29, 1.82) is 0 Å². The number of hydrogen-bond donors (Lipinski definition) is 3. The molecule has 0 fully saturated rings. The molecule has 0 aliphatic carbocycles. The first-order chi connectivity index (χ1) is 25.0. The standard InChI is InChI=1S/C45H39N3O3/c46-42-40(44(33-19-7-1-8-20-33,34-21-9-2-10-22-34)35-23-11-3-12-24-35)41(48(43(51)47-42)31-39(50)32-49)45(36-25-13-4-14-26-36,37-27-15-5-16-28-37)38-29-17-6-18-30-38/h1-30,39,49-50H,31-32H2,(H2,46,47,51). The van der Waals surface area contributed by atoms with Gasteiger partial charge in [-0.25, -0.2) is 4.79 Å². The van der Waals surface area contributed by atoms with Crippen molar-refractivity contribution in [2.24, 2.45) is 0 Å². The molecule has 6 aromatic carbocycles. The van der Waals surface area contributed by atoms with Gasteiger partial charge in [-0.1, -0.05) is 182 Å². The molecule has 0 saturated heterocycles. The van der Waals surface area contributed by atoms with Crippen LogP contribution in [0.1, 0.15) is 44.6 Å². The summed E-state index contributed by atoms with van der Waals surface area (Å²) in [5, 5.41) is 21.4. The molecule has 0 saturated carbocycles. The van der Waals surface area contributed by atoms with Crippen LogP contribution in [-0.4, -0.2) is 32.5 Å². The zero-order valence-electron chi connectivity index (χ0n) is 28.1. The zero-order chi connectivity index (χ0) is 35.3. The van der Waals surface area contributed by atoms with Crippen molar-refractivity contribution in [3.63, 3.8) is 0 Å². The predicted molar refractivity (Wildman–Crippen MR) is 203 cm³/mol. The Morgan fingerprint density at radius 1 is 0.529 bits per heavy atom. The van der Waals surface area contributed by atoms with Gasteiger partial charge in [-0.2, -0.15) is 4.98 Å². The molecule has 4 N–H and O–H groups in total. The summed E-state index contributed by atoms with van der Waals surface area (Å²) < 4.78 is 1.53. The molecule has 7 aromatic rings. The van der Waals surface area contributed by atoms with Crippen molar-refractivity contribution in [3.05, 3.63) is 237 Å². The summed E-state index contributed by atoms with van der Waals surface area (Å²) >= 11 is 0. The summed E-state index contributed by atoms with van der Waals surface area (Å²) in [5.41, 5.74) is 10.8. The van der Waals surface area contributed by atoms with E-state index in [0.717, 1.165) is 33.4 Å². The van der Waals surface area contributed by atoms with Gasteiger partial charge in [-0.15, -0.1) is 0 Å². The van der Waals surface area contributed by atoms with Gasteiger partial charge >= 0.3 is 5.69 Å². The van der Waals surface area contributed by atoms with E-state index in [1.807, 2.05) is 109 Å². The molecule has 1 unspecified atom stereocenters. The highest BCUT2D eigenvalue weighted by Gasteiger charge is 2.50. The first-order valence-corrected chi connectivity index (χ1v) is 17.1. The molecule has 1 atom stereocenters. The highest BCUT2D eigenvalue weighted by atomic mass is 16.3. The van der Waals surface area contributed by atoms with Gasteiger partial charge in [0.15, 0.2) is 0 Å². The van der Waals surface area contributed by atoms with Gasteiger partial charge in [0.25, 0.3) is 0 Å². The van der Waals surface area contributed by atoms with E-state index >= 15 is 0 Å². The van der Waals surface area contributed by atoms with E-state index in [1.54, 1.807) is 0 Å². The SMILES string of the molecule is Nc1nc(=O)n(CC(O)CO)c(C(c2ccccc2)(c2ccccc2)c2ccccc2)c1C(c1ccccc1)(c1ccccc1)c1ccccc1. The fraction of sp³-hybridized carbons (Fsp3) is 0.111. The molecule has 0 radical (unpaired) electrons. The molecule has 0 spiro atoms. The van der Waals surface area contributed by atoms with E-state index in [-0.39, 0.29) is 12.4 Å². The van der Waals surface area contributed by atoms with Gasteiger partial charge in [0.05, 0.1) is 35.8 Å². The van der Waals surface area contributed by atoms with E-state index in [9.17, 15) is 15.0 Å². The van der Waals surface area contributed by atoms with Crippen LogP contribution in [0.2, 0.25) is 0 Å². The normalized spacial score (nSPS) is 12.4. The maximum Gasteiger partial charge on any atom is 0.349 e. The Kier molecular flexibility index (Phi) is 9.45. The second kappa shape index (κ2) is 14.4. The number of aliphatic hydroxyl groups is 2. The Bertz CT molecular complexity index is 2050. The second-order valence-electron chi connectivity index (χ2n) is 12.6. The van der Waals surface area contributed by atoms with Crippen molar-refractivity contribution in [2.75, 3.05) is 12.3 Å². The third-order valence-corrected chi connectivity index (χ3v) is 9.78. The Morgan fingerprint density at radius 3 is 1.12 bits per heavy atom. The van der Waals surface area contributed by atoms with Gasteiger partial charge in [0.2, 0.25) is 0 Å². The van der Waals surface area contributed by atoms with Gasteiger partial charge in [-0.3, -0.25) is 4.57 Å². The van der Waals surface area contributed by atoms with Gasteiger partial charge in [0.1, 0.15) is 5.82 Å². The number of aromatic nitrogens is 2. The lowest BCUT2D eigenvalue weighted by atomic mass is 9.59. The summed E-state index contributed by atoms with van der Waals surface area (Å²) in [5.74, 6) is 0.0634. The van der Waals surface area contributed by atoms with Crippen molar-refractivity contribution < 1.29 is 10.2 Å². The lowest BCUT2D eigenvalue weighted by Gasteiger charge is -2.45. The van der Waals surface area contributed by atoms with Crippen LogP contribution in [0.25, 0.3) is 0 Å². The van der Waals surface area contributed by atoms with Crippen LogP contribution in [0, 0.1) is 0 Å². The van der Waals surface area contributed by atoms with Crippen LogP contribution in [0.3, 0.4) is 0 Å². The fourth-order valence-corrected chi connectivity index (χ4v) is 7.74. The Morgan fingerprint density at radius 2 is 0.824 bits per heavy atom. The number of rotatable bonds is 11. The zero-order valence-corrected chi connectivity index (χ0v) is 28.1. The number of aliphatic hydroxyl groups excluding tert-OH is 2. The average molecular weight is 670 g/mol. The van der Waals surface area contributed by atoms with E-state index in [1.165, 1.54) is 4.57 Å². The second-order valence-corrected chi connectivity index (χ2v) is 12.6. The summed E-state index contributed by atoms with van der Waals surface area (Å²) in [7, 11) is 0. The summed E-state index contributed by atoms with van der Waals surface area (Å²) in [4.78, 5) is 19.1. The fourth-order valence-electron chi connectivity index (χ4n) is 7.74. The third kappa shape index (κ3) is 5.74. The smallest absolute Gasteiger partial charge is 0.349 e. The maximum absolute atomic E-state index is 14.5. The molecule has 1 aromatic heterocycles. The average Bonchev–Trinajstić information content (AvgIpc) is 3.20. The first-order valence-electron chi connectivity index (χ1n) is 17.1. The van der Waals surface area contributed by atoms with Crippen molar-refractivity contribution in [2.45, 2.75) is 23.5 Å². The number of nitrogens with two attached hydrogens (primary N) is 1. The van der Waals surface area contributed by atoms with E-state index < -0.39 is 29.2 Å². The Balaban J connectivity index is 1.83. The molecule has 0 aliphatic heterocycles. The topological polar surface area (TPSA) is 101 Å². The van der Waals surface area contributed by atoms with Crippen molar-refractivity contribution in [1.82, 2.24) is 9.55 Å². The molecule has 0 amide bonds. The predicted octanol–water partition coefficient (Wildman–Crippen LogP) is 6.94. The molecule has 6 nitrogen and oxygen atoms in total. The number of hydrogen-bond acceptors (Lipinski definition) is 5. The van der Waals surface area contributed by atoms with Gasteiger partial charge in [-0.05, 0) is 33.4 Å². The number of anilines is 1. The van der Waals surface area contributed by atoms with E-state index in [4.69, 9.17) is 5.73 Å². The molecular weight excluding hydrogens is 631 g/mol. The molecule has 6 heteroatoms. The van der Waals surface area contributed by atoms with Crippen molar-refractivity contribution in [3.8, 4) is 0 Å². The maximum atomic E-state index is 14.5. The minimum atomic E-state index is -1.26. The van der Waals surface area contributed by atoms with Crippen LogP contribution in [0.5, 0.6) is 0 Å². The Labute approximate surface area is 297 Å². The molecule has 252 valence electrons. The minimum Gasteiger partial charge on any atom is -0.394 e. The van der Waals surface area contributed by atoms with Crippen LogP contribution >= 0.6 is 0 Å². The lowest BCUT2D eigenvalue weighted by molar-refractivity contribution is 0.0788. The van der Waals surface area contributed by atoms with Crippen LogP contribution < -0.4 is 11.4 Å². The molecule has 0 aliphatic rings.